The standard InChI is InChI=1S/C15H15F3N2O2S/c16-15(17,18)14-7-2-1-5-12(14)9-20-13-6-3-4-11(8-13)10-23(19,21)22/h1-8,20H,9-10H2,(H2,19,21,22). The van der Waals surface area contributed by atoms with E-state index in [4.69, 9.17) is 5.14 Å². The van der Waals surface area contributed by atoms with E-state index in [9.17, 15) is 21.6 Å². The Balaban J connectivity index is 2.15. The van der Waals surface area contributed by atoms with Gasteiger partial charge in [0.2, 0.25) is 10.0 Å². The van der Waals surface area contributed by atoms with Crippen LogP contribution in [0, 0.1) is 0 Å². The monoisotopic (exact) mass is 344 g/mol. The van der Waals surface area contributed by atoms with Crippen molar-refractivity contribution in [1.82, 2.24) is 0 Å². The fourth-order valence-electron chi connectivity index (χ4n) is 2.15. The average Bonchev–Trinajstić information content (AvgIpc) is 2.43. The predicted molar refractivity (Wildman–Crippen MR) is 82.0 cm³/mol. The van der Waals surface area contributed by atoms with Gasteiger partial charge in [-0.15, -0.1) is 0 Å². The number of primary sulfonamides is 1. The Morgan fingerprint density at radius 1 is 1.04 bits per heavy atom. The summed E-state index contributed by atoms with van der Waals surface area (Å²) < 4.78 is 60.9. The van der Waals surface area contributed by atoms with E-state index in [-0.39, 0.29) is 17.9 Å². The first-order valence-corrected chi connectivity index (χ1v) is 8.35. The van der Waals surface area contributed by atoms with Crippen LogP contribution >= 0.6 is 0 Å². The predicted octanol–water partition coefficient (Wildman–Crippen LogP) is 3.11. The molecule has 0 spiro atoms. The number of hydrogen-bond acceptors (Lipinski definition) is 3. The van der Waals surface area contributed by atoms with Crippen molar-refractivity contribution < 1.29 is 21.6 Å². The van der Waals surface area contributed by atoms with Crippen LogP contribution in [-0.2, 0) is 28.5 Å². The minimum atomic E-state index is -4.42. The highest BCUT2D eigenvalue weighted by Crippen LogP contribution is 2.32. The van der Waals surface area contributed by atoms with Crippen molar-refractivity contribution in [3.05, 3.63) is 65.2 Å². The molecule has 23 heavy (non-hydrogen) atoms. The van der Waals surface area contributed by atoms with Crippen molar-refractivity contribution in [2.75, 3.05) is 5.32 Å². The second-order valence-electron chi connectivity index (χ2n) is 5.02. The summed E-state index contributed by atoms with van der Waals surface area (Å²) in [6.07, 6.45) is -4.42. The Kier molecular flexibility index (Phi) is 4.96. The van der Waals surface area contributed by atoms with E-state index in [1.165, 1.54) is 18.2 Å². The van der Waals surface area contributed by atoms with Crippen molar-refractivity contribution >= 4 is 15.7 Å². The Morgan fingerprint density at radius 3 is 2.39 bits per heavy atom. The van der Waals surface area contributed by atoms with Crippen LogP contribution in [0.15, 0.2) is 48.5 Å². The summed E-state index contributed by atoms with van der Waals surface area (Å²) in [6, 6.07) is 11.7. The molecule has 8 heteroatoms. The van der Waals surface area contributed by atoms with Crippen LogP contribution < -0.4 is 10.5 Å². The van der Waals surface area contributed by atoms with Crippen LogP contribution in [0.5, 0.6) is 0 Å². The molecule has 3 N–H and O–H groups in total. The van der Waals surface area contributed by atoms with Gasteiger partial charge in [-0.3, -0.25) is 0 Å². The fourth-order valence-corrected chi connectivity index (χ4v) is 2.80. The van der Waals surface area contributed by atoms with E-state index in [0.29, 0.717) is 11.3 Å². The third kappa shape index (κ3) is 5.26. The molecule has 0 atom stereocenters. The number of alkyl halides is 3. The molecular weight excluding hydrogens is 329 g/mol. The van der Waals surface area contributed by atoms with Gasteiger partial charge in [0.25, 0.3) is 0 Å². The van der Waals surface area contributed by atoms with Crippen molar-refractivity contribution in [3.8, 4) is 0 Å². The second kappa shape index (κ2) is 6.59. The lowest BCUT2D eigenvalue weighted by Crippen LogP contribution is -2.14. The first-order valence-electron chi connectivity index (χ1n) is 6.63. The van der Waals surface area contributed by atoms with Gasteiger partial charge < -0.3 is 5.32 Å². The third-order valence-electron chi connectivity index (χ3n) is 3.10. The maximum atomic E-state index is 12.9. The Morgan fingerprint density at radius 2 is 1.74 bits per heavy atom. The molecule has 0 fully saturated rings. The summed E-state index contributed by atoms with van der Waals surface area (Å²) in [6.45, 7) is -0.0332. The highest BCUT2D eigenvalue weighted by molar-refractivity contribution is 7.88. The van der Waals surface area contributed by atoms with Crippen LogP contribution in [-0.4, -0.2) is 8.42 Å². The zero-order chi connectivity index (χ0) is 17.1. The lowest BCUT2D eigenvalue weighted by molar-refractivity contribution is -0.138. The quantitative estimate of drug-likeness (QED) is 0.875. The number of anilines is 1. The molecule has 2 rings (SSSR count). The number of halogens is 3. The summed E-state index contributed by atoms with van der Waals surface area (Å²) >= 11 is 0. The molecule has 0 amide bonds. The number of hydrogen-bond donors (Lipinski definition) is 2. The van der Waals surface area contributed by atoms with E-state index >= 15 is 0 Å². The van der Waals surface area contributed by atoms with Crippen LogP contribution in [0.2, 0.25) is 0 Å². The molecule has 0 aromatic heterocycles. The maximum absolute atomic E-state index is 12.9. The Bertz CT molecular complexity index is 789. The van der Waals surface area contributed by atoms with Crippen LogP contribution in [0.25, 0.3) is 0 Å². The molecule has 0 bridgehead atoms. The van der Waals surface area contributed by atoms with E-state index in [0.717, 1.165) is 6.07 Å². The molecule has 0 radical (unpaired) electrons. The molecule has 2 aromatic rings. The smallest absolute Gasteiger partial charge is 0.381 e. The van der Waals surface area contributed by atoms with Gasteiger partial charge in [0.1, 0.15) is 0 Å². The van der Waals surface area contributed by atoms with Gasteiger partial charge in [0, 0.05) is 12.2 Å². The zero-order valence-electron chi connectivity index (χ0n) is 12.0. The minimum absolute atomic E-state index is 0.0332. The van der Waals surface area contributed by atoms with E-state index in [1.54, 1.807) is 24.3 Å². The first kappa shape index (κ1) is 17.3. The molecule has 2 aromatic carbocycles. The average molecular weight is 344 g/mol. The van der Waals surface area contributed by atoms with Gasteiger partial charge in [-0.1, -0.05) is 30.3 Å². The number of sulfonamides is 1. The lowest BCUT2D eigenvalue weighted by atomic mass is 10.1. The first-order chi connectivity index (χ1) is 10.6. The Labute approximate surface area is 132 Å². The van der Waals surface area contributed by atoms with Crippen LogP contribution in [0.4, 0.5) is 18.9 Å². The van der Waals surface area contributed by atoms with Crippen LogP contribution in [0.1, 0.15) is 16.7 Å². The third-order valence-corrected chi connectivity index (χ3v) is 3.84. The van der Waals surface area contributed by atoms with Gasteiger partial charge in [-0.2, -0.15) is 13.2 Å². The van der Waals surface area contributed by atoms with Gasteiger partial charge in [0.05, 0.1) is 11.3 Å². The molecular formula is C15H15F3N2O2S. The summed E-state index contributed by atoms with van der Waals surface area (Å²) in [5, 5.41) is 7.84. The van der Waals surface area contributed by atoms with Crippen molar-refractivity contribution in [1.29, 1.82) is 0 Å². The molecule has 0 saturated carbocycles. The number of rotatable bonds is 5. The van der Waals surface area contributed by atoms with E-state index in [2.05, 4.69) is 5.32 Å². The number of benzene rings is 2. The van der Waals surface area contributed by atoms with Crippen molar-refractivity contribution in [2.45, 2.75) is 18.5 Å². The number of nitrogens with two attached hydrogens (primary N) is 1. The van der Waals surface area contributed by atoms with Gasteiger partial charge >= 0.3 is 6.18 Å². The highest BCUT2D eigenvalue weighted by atomic mass is 32.2. The minimum Gasteiger partial charge on any atom is -0.381 e. The summed E-state index contributed by atoms with van der Waals surface area (Å²) in [5.74, 6) is -0.332. The lowest BCUT2D eigenvalue weighted by Gasteiger charge is -2.14. The zero-order valence-corrected chi connectivity index (χ0v) is 12.8. The number of nitrogens with one attached hydrogen (secondary N) is 1. The second-order valence-corrected chi connectivity index (χ2v) is 6.63. The topological polar surface area (TPSA) is 72.2 Å². The summed E-state index contributed by atoms with van der Waals surface area (Å²) in [7, 11) is -3.66. The van der Waals surface area contributed by atoms with Gasteiger partial charge in [-0.25, -0.2) is 13.6 Å². The summed E-state index contributed by atoms with van der Waals surface area (Å²) in [5.41, 5.74) is 0.384. The Hall–Kier alpha value is -2.06. The summed E-state index contributed by atoms with van der Waals surface area (Å²) in [4.78, 5) is 0. The van der Waals surface area contributed by atoms with Gasteiger partial charge in [-0.05, 0) is 29.3 Å². The largest absolute Gasteiger partial charge is 0.416 e. The van der Waals surface area contributed by atoms with Crippen molar-refractivity contribution in [3.63, 3.8) is 0 Å². The molecule has 0 aliphatic heterocycles. The van der Waals surface area contributed by atoms with Crippen molar-refractivity contribution in [2.24, 2.45) is 5.14 Å². The normalized spacial score (nSPS) is 12.2. The highest BCUT2D eigenvalue weighted by Gasteiger charge is 2.32. The molecule has 0 heterocycles. The molecule has 4 nitrogen and oxygen atoms in total. The molecule has 0 aliphatic carbocycles. The maximum Gasteiger partial charge on any atom is 0.416 e. The van der Waals surface area contributed by atoms with E-state index < -0.39 is 21.8 Å². The molecule has 0 saturated heterocycles. The molecule has 0 aliphatic rings. The van der Waals surface area contributed by atoms with E-state index in [1.807, 2.05) is 0 Å². The van der Waals surface area contributed by atoms with Crippen LogP contribution in [0.3, 0.4) is 0 Å². The fraction of sp³-hybridized carbons (Fsp3) is 0.200. The van der Waals surface area contributed by atoms with Gasteiger partial charge in [0.15, 0.2) is 0 Å². The SMILES string of the molecule is NS(=O)(=O)Cc1cccc(NCc2ccccc2C(F)(F)F)c1. The molecule has 124 valence electrons. The molecule has 0 unspecified atom stereocenters.